The van der Waals surface area contributed by atoms with Crippen molar-refractivity contribution in [3.63, 3.8) is 0 Å². The summed E-state index contributed by atoms with van der Waals surface area (Å²) in [4.78, 5) is 149. The summed E-state index contributed by atoms with van der Waals surface area (Å²) in [6.45, 7) is 0.445. The Morgan fingerprint density at radius 1 is 0.675 bits per heavy atom. The highest BCUT2D eigenvalue weighted by atomic mass is 31.2. The number of hydrogen-bond donors (Lipinski definition) is 11. The summed E-state index contributed by atoms with van der Waals surface area (Å²) in [7, 11) is -4.45. The van der Waals surface area contributed by atoms with Crippen molar-refractivity contribution >= 4 is 72.4 Å². The first kappa shape index (κ1) is 65.5. The average Bonchev–Trinajstić information content (AvgIpc) is 4.00. The number of amides is 9. The summed E-state index contributed by atoms with van der Waals surface area (Å²) < 4.78 is 38.0. The molecule has 0 saturated carbocycles. The maximum atomic E-state index is 14.1. The van der Waals surface area contributed by atoms with E-state index in [-0.39, 0.29) is 98.3 Å². The number of imide groups is 1. The molecule has 1 saturated heterocycles. The van der Waals surface area contributed by atoms with Gasteiger partial charge in [0.1, 0.15) is 30.2 Å². The SMILES string of the molecule is NCCCC[C@H](NC(=O)[C@H](Cc1ccccc1)NC(=O)[C@H](CC(=O)N[C@H]1CCOC1=O)NC(=O)CCOCCOCCOCCOCCNC(=O)[C@H](CNC(=O)CCP(=O)(O)O)N1C(=O)C=CC1=O)C(=O)Nc1ccc(CO)cc1. The zero-order valence-electron chi connectivity index (χ0n) is 44.1. The summed E-state index contributed by atoms with van der Waals surface area (Å²) in [5.41, 5.74) is 7.41. The van der Waals surface area contributed by atoms with Crippen LogP contribution in [0.1, 0.15) is 56.1 Å². The maximum absolute atomic E-state index is 14.1. The lowest BCUT2D eigenvalue weighted by atomic mass is 10.0. The van der Waals surface area contributed by atoms with Crippen LogP contribution in [0.15, 0.2) is 66.7 Å². The number of aliphatic hydroxyl groups is 1. The predicted octanol–water partition coefficient (Wildman–Crippen LogP) is -2.68. The molecule has 80 heavy (non-hydrogen) atoms. The van der Waals surface area contributed by atoms with Crippen LogP contribution in [-0.4, -0.2) is 194 Å². The second kappa shape index (κ2) is 35.6. The Labute approximate surface area is 461 Å². The van der Waals surface area contributed by atoms with E-state index in [9.17, 15) is 57.6 Å². The molecule has 0 spiro atoms. The summed E-state index contributed by atoms with van der Waals surface area (Å²) in [5, 5.41) is 27.5. The summed E-state index contributed by atoms with van der Waals surface area (Å²) in [6.07, 6.45) is 1.21. The van der Waals surface area contributed by atoms with Gasteiger partial charge in [0, 0.05) is 56.6 Å². The van der Waals surface area contributed by atoms with Crippen molar-refractivity contribution in [2.45, 2.75) is 88.2 Å². The van der Waals surface area contributed by atoms with Crippen molar-refractivity contribution in [2.24, 2.45) is 5.73 Å². The topological polar surface area (TPSA) is 408 Å². The third kappa shape index (κ3) is 25.0. The van der Waals surface area contributed by atoms with Gasteiger partial charge >= 0.3 is 13.6 Å². The van der Waals surface area contributed by atoms with Crippen LogP contribution in [0.25, 0.3) is 0 Å². The minimum absolute atomic E-state index is 0.0167. The zero-order chi connectivity index (χ0) is 58.3. The van der Waals surface area contributed by atoms with E-state index in [4.69, 9.17) is 39.2 Å². The third-order valence-electron chi connectivity index (χ3n) is 11.9. The minimum Gasteiger partial charge on any atom is -0.464 e. The number of aliphatic hydroxyl groups excluding tert-OH is 1. The van der Waals surface area contributed by atoms with Crippen LogP contribution >= 0.6 is 7.60 Å². The van der Waals surface area contributed by atoms with Crippen molar-refractivity contribution < 1.29 is 91.1 Å². The lowest BCUT2D eigenvalue weighted by Gasteiger charge is -2.26. The predicted molar refractivity (Wildman–Crippen MR) is 282 cm³/mol. The molecule has 2 aliphatic rings. The van der Waals surface area contributed by atoms with Crippen LogP contribution in [0, 0.1) is 0 Å². The molecule has 2 heterocycles. The van der Waals surface area contributed by atoms with Gasteiger partial charge in [-0.3, -0.25) is 52.6 Å². The number of hydrogen-bond acceptors (Lipinski definition) is 18. The molecule has 0 radical (unpaired) electrons. The Morgan fingerprint density at radius 2 is 1.29 bits per heavy atom. The zero-order valence-corrected chi connectivity index (χ0v) is 45.0. The third-order valence-corrected chi connectivity index (χ3v) is 12.7. The smallest absolute Gasteiger partial charge is 0.328 e. The summed E-state index contributed by atoms with van der Waals surface area (Å²) in [5.74, 6) is -7.37. The fraction of sp³-hybridized carbons (Fsp3) is 0.529. The van der Waals surface area contributed by atoms with Crippen molar-refractivity contribution in [1.82, 2.24) is 36.8 Å². The van der Waals surface area contributed by atoms with Crippen LogP contribution in [0.3, 0.4) is 0 Å². The molecule has 440 valence electrons. The van der Waals surface area contributed by atoms with Gasteiger partial charge in [0.2, 0.25) is 41.4 Å². The van der Waals surface area contributed by atoms with Crippen LogP contribution in [0.5, 0.6) is 0 Å². The Morgan fingerprint density at radius 3 is 1.89 bits per heavy atom. The van der Waals surface area contributed by atoms with Gasteiger partial charge in [-0.2, -0.15) is 0 Å². The number of ether oxygens (including phenoxy) is 5. The second-order valence-electron chi connectivity index (χ2n) is 18.2. The number of carbonyl (C=O) groups excluding carboxylic acids is 10. The monoisotopic (exact) mass is 1150 g/mol. The molecule has 28 nitrogen and oxygen atoms in total. The van der Waals surface area contributed by atoms with E-state index in [1.165, 1.54) is 0 Å². The number of esters is 1. The van der Waals surface area contributed by atoms with E-state index in [1.54, 1.807) is 54.6 Å². The van der Waals surface area contributed by atoms with Crippen LogP contribution in [0.2, 0.25) is 0 Å². The van der Waals surface area contributed by atoms with Gasteiger partial charge in [-0.05, 0) is 49.1 Å². The Hall–Kier alpha value is -7.01. The van der Waals surface area contributed by atoms with Gasteiger partial charge < -0.3 is 81.5 Å². The molecule has 0 aliphatic carbocycles. The van der Waals surface area contributed by atoms with Crippen molar-refractivity contribution in [2.75, 3.05) is 90.6 Å². The van der Waals surface area contributed by atoms with Gasteiger partial charge in [-0.15, -0.1) is 0 Å². The molecular weight excluding hydrogens is 1070 g/mol. The van der Waals surface area contributed by atoms with Crippen LogP contribution in [-0.2, 0) is 89.2 Å². The summed E-state index contributed by atoms with van der Waals surface area (Å²) >= 11 is 0. The van der Waals surface area contributed by atoms with E-state index in [0.717, 1.165) is 12.2 Å². The first-order chi connectivity index (χ1) is 38.4. The lowest BCUT2D eigenvalue weighted by Crippen LogP contribution is -2.57. The number of nitrogens with two attached hydrogens (primary N) is 1. The van der Waals surface area contributed by atoms with E-state index in [0.29, 0.717) is 41.1 Å². The number of benzene rings is 2. The highest BCUT2D eigenvalue weighted by Gasteiger charge is 2.37. The quantitative estimate of drug-likeness (QED) is 0.0141. The first-order valence-electron chi connectivity index (χ1n) is 25.9. The fourth-order valence-electron chi connectivity index (χ4n) is 7.69. The number of nitrogens with one attached hydrogen (secondary N) is 7. The molecule has 5 atom stereocenters. The molecule has 2 aromatic rings. The van der Waals surface area contributed by atoms with Gasteiger partial charge in [0.25, 0.3) is 11.8 Å². The number of unbranched alkanes of at least 4 members (excludes halogenated alkanes) is 1. The highest BCUT2D eigenvalue weighted by molar-refractivity contribution is 7.51. The van der Waals surface area contributed by atoms with Crippen LogP contribution < -0.4 is 43.0 Å². The Balaban J connectivity index is 1.20. The molecule has 29 heteroatoms. The van der Waals surface area contributed by atoms with Gasteiger partial charge in [0.05, 0.1) is 78.7 Å². The maximum Gasteiger partial charge on any atom is 0.328 e. The Bertz CT molecular complexity index is 2450. The number of nitrogens with zero attached hydrogens (tertiary/aromatic N) is 1. The van der Waals surface area contributed by atoms with Crippen molar-refractivity contribution in [1.29, 1.82) is 0 Å². The molecule has 9 amide bonds. The van der Waals surface area contributed by atoms with Gasteiger partial charge in [-0.1, -0.05) is 42.5 Å². The average molecular weight is 1150 g/mol. The normalized spacial score (nSPS) is 15.5. The minimum atomic E-state index is -4.45. The molecule has 2 aliphatic heterocycles. The molecule has 0 aromatic heterocycles. The van der Waals surface area contributed by atoms with Gasteiger partial charge in [0.15, 0.2) is 0 Å². The lowest BCUT2D eigenvalue weighted by molar-refractivity contribution is -0.145. The van der Waals surface area contributed by atoms with E-state index in [2.05, 4.69) is 37.2 Å². The molecule has 2 aromatic carbocycles. The highest BCUT2D eigenvalue weighted by Crippen LogP contribution is 2.34. The molecular formula is C51H72N9O19P. The van der Waals surface area contributed by atoms with Gasteiger partial charge in [-0.25, -0.2) is 4.79 Å². The Kier molecular flexibility index (Phi) is 29.1. The number of rotatable bonds is 39. The second-order valence-corrected chi connectivity index (χ2v) is 19.9. The van der Waals surface area contributed by atoms with E-state index < -0.39 is 122 Å². The van der Waals surface area contributed by atoms with E-state index >= 15 is 0 Å². The summed E-state index contributed by atoms with van der Waals surface area (Å²) in [6, 6.07) is 8.91. The standard InChI is InChI=1S/C51H72N9O19P/c52-18-5-4-8-37(47(67)55-36-11-9-35(33-61)10-12-36)58-48(68)39(30-34-6-2-1-3-7-34)59-49(69)40(31-44(64)56-38-15-21-79-51(38)71)57-43(63)16-20-75-23-25-77-27-28-78-26-24-76-22-19-53-50(70)41(60-45(65)13-14-46(60)66)32-54-42(62)17-29-80(72,73)74/h1-3,6-7,9-14,37-41,61H,4-5,8,15-33,52H2,(H,53,70)(H,54,62)(H,55,67)(H,56,64)(H,57,63)(H,58,68)(H,59,69)(H2,72,73,74)/t37-,38-,39-,40-,41-/m0/s1. The van der Waals surface area contributed by atoms with E-state index in [1.807, 2.05) is 0 Å². The molecule has 12 N–H and O–H groups in total. The van der Waals surface area contributed by atoms with Crippen molar-refractivity contribution in [3.8, 4) is 0 Å². The first-order valence-corrected chi connectivity index (χ1v) is 27.7. The fourth-order valence-corrected chi connectivity index (χ4v) is 8.18. The number of carbonyl (C=O) groups is 10. The van der Waals surface area contributed by atoms with Crippen LogP contribution in [0.4, 0.5) is 5.69 Å². The molecule has 0 unspecified atom stereocenters. The molecule has 1 fully saturated rings. The molecule has 4 rings (SSSR count). The number of anilines is 1. The largest absolute Gasteiger partial charge is 0.464 e. The number of cyclic esters (lactones) is 1. The molecule has 0 bridgehead atoms. The van der Waals surface area contributed by atoms with Crippen molar-refractivity contribution in [3.05, 3.63) is 77.9 Å².